The molecule has 1 saturated heterocycles. The van der Waals surface area contributed by atoms with E-state index in [1.165, 1.54) is 16.4 Å². The number of sulfonamides is 1. The van der Waals surface area contributed by atoms with Crippen molar-refractivity contribution in [3.8, 4) is 6.07 Å². The Labute approximate surface area is 171 Å². The SMILES string of the molecule is C[C@@H](NCC(=O)N1CCN(S(=O)(=O)c2ccccc2C#N)CC1)c1ccccc1. The van der Waals surface area contributed by atoms with Crippen LogP contribution in [0.5, 0.6) is 0 Å². The van der Waals surface area contributed by atoms with Crippen LogP contribution in [-0.2, 0) is 14.8 Å². The van der Waals surface area contributed by atoms with Gasteiger partial charge in [0.15, 0.2) is 0 Å². The fourth-order valence-electron chi connectivity index (χ4n) is 3.31. The number of piperazine rings is 1. The third kappa shape index (κ3) is 4.82. The third-order valence-corrected chi connectivity index (χ3v) is 7.03. The lowest BCUT2D eigenvalue weighted by Gasteiger charge is -2.34. The van der Waals surface area contributed by atoms with E-state index >= 15 is 0 Å². The third-order valence-electron chi connectivity index (χ3n) is 5.08. The van der Waals surface area contributed by atoms with Gasteiger partial charge in [0.2, 0.25) is 15.9 Å². The fourth-order valence-corrected chi connectivity index (χ4v) is 4.88. The maximum Gasteiger partial charge on any atom is 0.244 e. The topological polar surface area (TPSA) is 93.5 Å². The molecule has 1 aliphatic heterocycles. The maximum atomic E-state index is 12.9. The minimum absolute atomic E-state index is 0.0145. The molecule has 0 aromatic heterocycles. The first-order valence-corrected chi connectivity index (χ1v) is 10.9. The average Bonchev–Trinajstić information content (AvgIpc) is 2.77. The van der Waals surface area contributed by atoms with E-state index in [1.54, 1.807) is 17.0 Å². The predicted octanol–water partition coefficient (Wildman–Crippen LogP) is 1.74. The summed E-state index contributed by atoms with van der Waals surface area (Å²) in [5.74, 6) is -0.0535. The molecule has 1 fully saturated rings. The summed E-state index contributed by atoms with van der Waals surface area (Å²) in [7, 11) is -3.76. The van der Waals surface area contributed by atoms with Gasteiger partial charge in [0.25, 0.3) is 0 Å². The van der Waals surface area contributed by atoms with E-state index in [0.29, 0.717) is 13.1 Å². The van der Waals surface area contributed by atoms with Gasteiger partial charge in [0.1, 0.15) is 6.07 Å². The normalized spacial score (nSPS) is 16.2. The molecule has 152 valence electrons. The fraction of sp³-hybridized carbons (Fsp3) is 0.333. The Bertz CT molecular complexity index is 994. The average molecular weight is 413 g/mol. The standard InChI is InChI=1S/C21H24N4O3S/c1-17(18-7-3-2-4-8-18)23-16-21(26)24-11-13-25(14-12-24)29(27,28)20-10-6-5-9-19(20)15-22/h2-10,17,23H,11-14,16H2,1H3/t17-/m1/s1. The summed E-state index contributed by atoms with van der Waals surface area (Å²) in [6.07, 6.45) is 0. The van der Waals surface area contributed by atoms with E-state index in [1.807, 2.05) is 43.3 Å². The van der Waals surface area contributed by atoms with E-state index in [9.17, 15) is 18.5 Å². The van der Waals surface area contributed by atoms with Gasteiger partial charge in [-0.05, 0) is 24.6 Å². The maximum absolute atomic E-state index is 12.9. The summed E-state index contributed by atoms with van der Waals surface area (Å²) >= 11 is 0. The summed E-state index contributed by atoms with van der Waals surface area (Å²) in [5.41, 5.74) is 1.23. The number of rotatable bonds is 6. The number of amides is 1. The number of nitrogens with zero attached hydrogens (tertiary/aromatic N) is 3. The van der Waals surface area contributed by atoms with Crippen LogP contribution in [0.15, 0.2) is 59.5 Å². The monoisotopic (exact) mass is 412 g/mol. The highest BCUT2D eigenvalue weighted by Gasteiger charge is 2.31. The van der Waals surface area contributed by atoms with Crippen molar-refractivity contribution in [3.05, 3.63) is 65.7 Å². The van der Waals surface area contributed by atoms with Crippen LogP contribution in [0.1, 0.15) is 24.1 Å². The van der Waals surface area contributed by atoms with Crippen LogP contribution in [0.2, 0.25) is 0 Å². The van der Waals surface area contributed by atoms with Gasteiger partial charge in [-0.3, -0.25) is 4.79 Å². The van der Waals surface area contributed by atoms with E-state index in [4.69, 9.17) is 0 Å². The number of nitriles is 1. The quantitative estimate of drug-likeness (QED) is 0.780. The van der Waals surface area contributed by atoms with Crippen molar-refractivity contribution in [1.29, 1.82) is 5.26 Å². The number of nitrogens with one attached hydrogen (secondary N) is 1. The number of hydrogen-bond donors (Lipinski definition) is 1. The molecule has 0 bridgehead atoms. The Hall–Kier alpha value is -2.73. The zero-order valence-electron chi connectivity index (χ0n) is 16.3. The van der Waals surface area contributed by atoms with Crippen LogP contribution >= 0.6 is 0 Å². The lowest BCUT2D eigenvalue weighted by atomic mass is 10.1. The molecule has 1 aliphatic rings. The van der Waals surface area contributed by atoms with Gasteiger partial charge in [-0.25, -0.2) is 8.42 Å². The molecule has 2 aromatic carbocycles. The van der Waals surface area contributed by atoms with Gasteiger partial charge in [0.05, 0.1) is 17.0 Å². The molecule has 0 aliphatic carbocycles. The molecule has 1 heterocycles. The Morgan fingerprint density at radius 3 is 2.34 bits per heavy atom. The zero-order chi connectivity index (χ0) is 20.9. The van der Waals surface area contributed by atoms with Crippen LogP contribution in [0.25, 0.3) is 0 Å². The Morgan fingerprint density at radius 1 is 1.07 bits per heavy atom. The molecule has 8 heteroatoms. The van der Waals surface area contributed by atoms with Crippen LogP contribution in [0.4, 0.5) is 0 Å². The number of benzene rings is 2. The van der Waals surface area contributed by atoms with Crippen molar-refractivity contribution >= 4 is 15.9 Å². The summed E-state index contributed by atoms with van der Waals surface area (Å²) in [5, 5.41) is 12.4. The molecule has 7 nitrogen and oxygen atoms in total. The highest BCUT2D eigenvalue weighted by Crippen LogP contribution is 2.21. The van der Waals surface area contributed by atoms with Crippen molar-refractivity contribution in [2.75, 3.05) is 32.7 Å². The lowest BCUT2D eigenvalue weighted by Crippen LogP contribution is -2.52. The van der Waals surface area contributed by atoms with E-state index < -0.39 is 10.0 Å². The largest absolute Gasteiger partial charge is 0.339 e. The van der Waals surface area contributed by atoms with Gasteiger partial charge < -0.3 is 10.2 Å². The second-order valence-corrected chi connectivity index (χ2v) is 8.81. The van der Waals surface area contributed by atoms with Crippen LogP contribution in [-0.4, -0.2) is 56.3 Å². The van der Waals surface area contributed by atoms with Crippen LogP contribution in [0.3, 0.4) is 0 Å². The minimum atomic E-state index is -3.76. The highest BCUT2D eigenvalue weighted by molar-refractivity contribution is 7.89. The number of carbonyl (C=O) groups excluding carboxylic acids is 1. The minimum Gasteiger partial charge on any atom is -0.339 e. The molecule has 0 unspecified atom stereocenters. The first-order chi connectivity index (χ1) is 13.9. The summed E-state index contributed by atoms with van der Waals surface area (Å²) in [4.78, 5) is 14.2. The molecule has 2 aromatic rings. The van der Waals surface area contributed by atoms with E-state index in [-0.39, 0.29) is 42.0 Å². The second kappa shape index (κ2) is 9.18. The number of hydrogen-bond acceptors (Lipinski definition) is 5. The smallest absolute Gasteiger partial charge is 0.244 e. The molecule has 1 amide bonds. The molecular formula is C21H24N4O3S. The molecule has 3 rings (SSSR count). The molecule has 1 atom stereocenters. The van der Waals surface area contributed by atoms with Gasteiger partial charge in [-0.1, -0.05) is 42.5 Å². The Morgan fingerprint density at radius 2 is 1.69 bits per heavy atom. The second-order valence-electron chi connectivity index (χ2n) is 6.91. The Balaban J connectivity index is 1.56. The first-order valence-electron chi connectivity index (χ1n) is 9.49. The van der Waals surface area contributed by atoms with Gasteiger partial charge >= 0.3 is 0 Å². The highest BCUT2D eigenvalue weighted by atomic mass is 32.2. The molecule has 0 radical (unpaired) electrons. The summed E-state index contributed by atoms with van der Waals surface area (Å²) < 4.78 is 27.1. The van der Waals surface area contributed by atoms with Crippen molar-refractivity contribution in [1.82, 2.24) is 14.5 Å². The zero-order valence-corrected chi connectivity index (χ0v) is 17.1. The van der Waals surface area contributed by atoms with Gasteiger partial charge in [-0.2, -0.15) is 9.57 Å². The van der Waals surface area contributed by atoms with E-state index in [0.717, 1.165) is 5.56 Å². The number of carbonyl (C=O) groups is 1. The van der Waals surface area contributed by atoms with Crippen molar-refractivity contribution < 1.29 is 13.2 Å². The van der Waals surface area contributed by atoms with Crippen molar-refractivity contribution in [2.45, 2.75) is 17.9 Å². The van der Waals surface area contributed by atoms with Gasteiger partial charge in [-0.15, -0.1) is 0 Å². The van der Waals surface area contributed by atoms with Crippen LogP contribution in [0, 0.1) is 11.3 Å². The summed E-state index contributed by atoms with van der Waals surface area (Å²) in [6.45, 7) is 3.27. The van der Waals surface area contributed by atoms with Crippen molar-refractivity contribution in [3.63, 3.8) is 0 Å². The molecule has 1 N–H and O–H groups in total. The summed E-state index contributed by atoms with van der Waals surface area (Å²) in [6, 6.07) is 18.0. The van der Waals surface area contributed by atoms with E-state index in [2.05, 4.69) is 5.32 Å². The first kappa shape index (κ1) is 21.0. The molecular weight excluding hydrogens is 388 g/mol. The lowest BCUT2D eigenvalue weighted by molar-refractivity contribution is -0.131. The molecule has 0 spiro atoms. The van der Waals surface area contributed by atoms with Crippen molar-refractivity contribution in [2.24, 2.45) is 0 Å². The van der Waals surface area contributed by atoms with Gasteiger partial charge in [0, 0.05) is 32.2 Å². The Kier molecular flexibility index (Phi) is 6.64. The van der Waals surface area contributed by atoms with Crippen LogP contribution < -0.4 is 5.32 Å². The molecule has 29 heavy (non-hydrogen) atoms. The molecule has 0 saturated carbocycles. The predicted molar refractivity (Wildman–Crippen MR) is 109 cm³/mol.